The number of benzene rings is 1. The molecule has 0 saturated carbocycles. The van der Waals surface area contributed by atoms with Crippen molar-refractivity contribution in [2.45, 2.75) is 19.5 Å². The lowest BCUT2D eigenvalue weighted by Gasteiger charge is -2.19. The van der Waals surface area contributed by atoms with E-state index >= 15 is 0 Å². The van der Waals surface area contributed by atoms with E-state index in [2.05, 4.69) is 44.3 Å². The molecule has 2 atom stereocenters. The Hall–Kier alpha value is -2.74. The molecule has 1 aromatic carbocycles. The van der Waals surface area contributed by atoms with E-state index in [1.165, 1.54) is 11.1 Å². The van der Waals surface area contributed by atoms with Gasteiger partial charge >= 0.3 is 0 Å². The van der Waals surface area contributed by atoms with Gasteiger partial charge in [0.2, 0.25) is 0 Å². The Bertz CT molecular complexity index is 890. The summed E-state index contributed by atoms with van der Waals surface area (Å²) < 4.78 is 7.23. The Morgan fingerprint density at radius 1 is 1.18 bits per heavy atom. The van der Waals surface area contributed by atoms with Crippen LogP contribution in [0.15, 0.2) is 55.0 Å². The Labute approximate surface area is 165 Å². The molecule has 1 saturated heterocycles. The number of nitrogens with one attached hydrogen (secondary N) is 3. The van der Waals surface area contributed by atoms with Crippen LogP contribution >= 0.6 is 0 Å². The summed E-state index contributed by atoms with van der Waals surface area (Å²) in [5.41, 5.74) is 9.10. The number of imidazole rings is 1. The molecule has 0 bridgehead atoms. The molecule has 3 aromatic rings. The first kappa shape index (κ1) is 18.6. The van der Waals surface area contributed by atoms with Crippen LogP contribution in [0, 0.1) is 12.8 Å². The summed E-state index contributed by atoms with van der Waals surface area (Å²) in [6.45, 7) is 4.61. The van der Waals surface area contributed by atoms with Crippen molar-refractivity contribution in [1.29, 1.82) is 0 Å². The van der Waals surface area contributed by atoms with Gasteiger partial charge in [-0.05, 0) is 36.2 Å². The van der Waals surface area contributed by atoms with Gasteiger partial charge in [0.25, 0.3) is 0 Å². The van der Waals surface area contributed by atoms with Crippen LogP contribution in [-0.4, -0.2) is 34.7 Å². The highest BCUT2D eigenvalue weighted by molar-refractivity contribution is 5.30. The topological polar surface area (TPSA) is 76.0 Å². The van der Waals surface area contributed by atoms with Crippen molar-refractivity contribution in [3.63, 3.8) is 0 Å². The first-order valence-corrected chi connectivity index (χ1v) is 9.53. The summed E-state index contributed by atoms with van der Waals surface area (Å²) in [6.07, 6.45) is 5.64. The lowest BCUT2D eigenvalue weighted by Crippen LogP contribution is -2.28. The molecule has 0 aliphatic carbocycles. The smallest absolute Gasteiger partial charge is 0.137 e. The minimum Gasteiger partial charge on any atom is -0.497 e. The molecule has 1 fully saturated rings. The summed E-state index contributed by atoms with van der Waals surface area (Å²) in [4.78, 5) is 8.80. The van der Waals surface area contributed by atoms with E-state index in [-0.39, 0.29) is 6.04 Å². The standard InChI is InChI=1S/C21H26N6O/c1-15-23-9-10-27(15)20-8-3-16(12-24-20)11-22-13-18-14-25-26-21(18)17-4-6-19(28-2)7-5-17/h3-10,12,18,21-22,25-26H,11,13-14H2,1-2H3. The monoisotopic (exact) mass is 378 g/mol. The highest BCUT2D eigenvalue weighted by Gasteiger charge is 2.27. The van der Waals surface area contributed by atoms with E-state index in [4.69, 9.17) is 4.74 Å². The molecule has 7 nitrogen and oxygen atoms in total. The Morgan fingerprint density at radius 2 is 2.04 bits per heavy atom. The van der Waals surface area contributed by atoms with Crippen molar-refractivity contribution < 1.29 is 4.74 Å². The molecule has 1 aliphatic heterocycles. The normalized spacial score (nSPS) is 19.1. The van der Waals surface area contributed by atoms with Crippen LogP contribution in [0.5, 0.6) is 5.75 Å². The van der Waals surface area contributed by atoms with Crippen molar-refractivity contribution in [1.82, 2.24) is 30.7 Å². The fourth-order valence-corrected chi connectivity index (χ4v) is 3.58. The SMILES string of the molecule is COc1ccc(C2NNCC2CNCc2ccc(-n3ccnc3C)nc2)cc1. The van der Waals surface area contributed by atoms with Crippen molar-refractivity contribution >= 4 is 0 Å². The minimum absolute atomic E-state index is 0.281. The highest BCUT2D eigenvalue weighted by atomic mass is 16.5. The van der Waals surface area contributed by atoms with Crippen LogP contribution in [-0.2, 0) is 6.54 Å². The second kappa shape index (κ2) is 8.52. The molecule has 0 radical (unpaired) electrons. The van der Waals surface area contributed by atoms with Crippen LogP contribution in [0.4, 0.5) is 0 Å². The van der Waals surface area contributed by atoms with Crippen molar-refractivity contribution in [3.05, 3.63) is 71.9 Å². The third-order valence-electron chi connectivity index (χ3n) is 5.19. The average Bonchev–Trinajstić information content (AvgIpc) is 3.38. The van der Waals surface area contributed by atoms with Gasteiger partial charge in [-0.25, -0.2) is 15.4 Å². The number of rotatable bonds is 7. The Balaban J connectivity index is 1.32. The van der Waals surface area contributed by atoms with E-state index in [9.17, 15) is 0 Å². The lowest BCUT2D eigenvalue weighted by atomic mass is 9.95. The highest BCUT2D eigenvalue weighted by Crippen LogP contribution is 2.26. The molecule has 2 aromatic heterocycles. The molecular formula is C21H26N6O. The van der Waals surface area contributed by atoms with Crippen LogP contribution in [0.25, 0.3) is 5.82 Å². The summed E-state index contributed by atoms with van der Waals surface area (Å²) in [6, 6.07) is 12.7. The first-order chi connectivity index (χ1) is 13.7. The van der Waals surface area contributed by atoms with Gasteiger partial charge in [-0.3, -0.25) is 9.99 Å². The molecule has 4 rings (SSSR count). The van der Waals surface area contributed by atoms with Gasteiger partial charge in [-0.15, -0.1) is 0 Å². The summed E-state index contributed by atoms with van der Waals surface area (Å²) in [5, 5.41) is 3.57. The second-order valence-corrected chi connectivity index (χ2v) is 7.04. The molecule has 3 heterocycles. The van der Waals surface area contributed by atoms with Crippen molar-refractivity contribution in [2.24, 2.45) is 5.92 Å². The van der Waals surface area contributed by atoms with Crippen LogP contribution < -0.4 is 20.9 Å². The maximum absolute atomic E-state index is 5.25. The minimum atomic E-state index is 0.281. The van der Waals surface area contributed by atoms with Gasteiger partial charge < -0.3 is 10.1 Å². The van der Waals surface area contributed by atoms with E-state index in [1.54, 1.807) is 13.3 Å². The fourth-order valence-electron chi connectivity index (χ4n) is 3.58. The molecule has 3 N–H and O–H groups in total. The summed E-state index contributed by atoms with van der Waals surface area (Å²) in [7, 11) is 1.69. The predicted octanol–water partition coefficient (Wildman–Crippen LogP) is 2.14. The zero-order valence-corrected chi connectivity index (χ0v) is 16.2. The van der Waals surface area contributed by atoms with E-state index in [0.717, 1.165) is 37.0 Å². The third kappa shape index (κ3) is 4.06. The maximum Gasteiger partial charge on any atom is 0.137 e. The fraction of sp³-hybridized carbons (Fsp3) is 0.333. The maximum atomic E-state index is 5.25. The van der Waals surface area contributed by atoms with Crippen LogP contribution in [0.3, 0.4) is 0 Å². The van der Waals surface area contributed by atoms with E-state index < -0.39 is 0 Å². The van der Waals surface area contributed by atoms with Gasteiger partial charge in [0.05, 0.1) is 13.2 Å². The first-order valence-electron chi connectivity index (χ1n) is 9.53. The number of hydrogen-bond acceptors (Lipinski definition) is 6. The summed E-state index contributed by atoms with van der Waals surface area (Å²) >= 11 is 0. The number of hydrazine groups is 1. The second-order valence-electron chi connectivity index (χ2n) is 7.04. The lowest BCUT2D eigenvalue weighted by molar-refractivity contribution is 0.413. The molecule has 28 heavy (non-hydrogen) atoms. The van der Waals surface area contributed by atoms with Crippen molar-refractivity contribution in [3.8, 4) is 11.6 Å². The molecular weight excluding hydrogens is 352 g/mol. The number of methoxy groups -OCH3 is 1. The molecule has 2 unspecified atom stereocenters. The van der Waals surface area contributed by atoms with Gasteiger partial charge in [0.1, 0.15) is 17.4 Å². The van der Waals surface area contributed by atoms with Crippen molar-refractivity contribution in [2.75, 3.05) is 20.2 Å². The zero-order chi connectivity index (χ0) is 19.3. The zero-order valence-electron chi connectivity index (χ0n) is 16.2. The number of aryl methyl sites for hydroxylation is 1. The third-order valence-corrected chi connectivity index (χ3v) is 5.19. The quantitative estimate of drug-likeness (QED) is 0.585. The van der Waals surface area contributed by atoms with Crippen LogP contribution in [0.2, 0.25) is 0 Å². The molecule has 7 heteroatoms. The predicted molar refractivity (Wildman–Crippen MR) is 108 cm³/mol. The van der Waals surface area contributed by atoms with Gasteiger partial charge in [-0.1, -0.05) is 18.2 Å². The van der Waals surface area contributed by atoms with E-state index in [1.807, 2.05) is 42.1 Å². The van der Waals surface area contributed by atoms with Gasteiger partial charge in [0, 0.05) is 44.1 Å². The number of aromatic nitrogens is 3. The number of hydrogen-bond donors (Lipinski definition) is 3. The Kier molecular flexibility index (Phi) is 5.66. The van der Waals surface area contributed by atoms with E-state index in [0.29, 0.717) is 5.92 Å². The average molecular weight is 378 g/mol. The number of nitrogens with zero attached hydrogens (tertiary/aromatic N) is 3. The number of pyridine rings is 1. The molecule has 146 valence electrons. The Morgan fingerprint density at radius 3 is 2.71 bits per heavy atom. The summed E-state index contributed by atoms with van der Waals surface area (Å²) in [5.74, 6) is 3.17. The largest absolute Gasteiger partial charge is 0.497 e. The molecule has 0 spiro atoms. The van der Waals surface area contributed by atoms with Crippen LogP contribution in [0.1, 0.15) is 23.0 Å². The van der Waals surface area contributed by atoms with Gasteiger partial charge in [0.15, 0.2) is 0 Å². The van der Waals surface area contributed by atoms with Gasteiger partial charge in [-0.2, -0.15) is 0 Å². The molecule has 1 aliphatic rings. The molecule has 0 amide bonds. The number of ether oxygens (including phenoxy) is 1.